The maximum Gasteiger partial charge on any atom is 0.277 e. The van der Waals surface area contributed by atoms with Crippen molar-refractivity contribution in [1.29, 1.82) is 0 Å². The van der Waals surface area contributed by atoms with Crippen molar-refractivity contribution in [2.45, 2.75) is 0 Å². The van der Waals surface area contributed by atoms with Crippen molar-refractivity contribution >= 4 is 38.6 Å². The van der Waals surface area contributed by atoms with E-state index in [0.29, 0.717) is 11.5 Å². The minimum absolute atomic E-state index is 0.0898. The van der Waals surface area contributed by atoms with E-state index in [1.807, 2.05) is 78.9 Å². The predicted molar refractivity (Wildman–Crippen MR) is 171 cm³/mol. The first-order valence-corrected chi connectivity index (χ1v) is 14.0. The molecule has 0 aliphatic carbocycles. The van der Waals surface area contributed by atoms with Gasteiger partial charge in [-0.05, 0) is 77.4 Å². The van der Waals surface area contributed by atoms with E-state index in [0.717, 1.165) is 60.8 Å². The number of nitro benzene ring substituents is 1. The molecule has 0 aliphatic heterocycles. The van der Waals surface area contributed by atoms with E-state index >= 15 is 0 Å². The average molecular weight is 558 g/mol. The Hall–Kier alpha value is -6.01. The quantitative estimate of drug-likeness (QED) is 0.156. The summed E-state index contributed by atoms with van der Waals surface area (Å²) in [4.78, 5) is 16.2. The Morgan fingerprint density at radius 3 is 2.09 bits per heavy atom. The van der Waals surface area contributed by atoms with Gasteiger partial charge in [0.05, 0.1) is 21.5 Å². The Labute approximate surface area is 246 Å². The van der Waals surface area contributed by atoms with Gasteiger partial charge in [0.2, 0.25) is 5.89 Å². The zero-order valence-electron chi connectivity index (χ0n) is 22.8. The van der Waals surface area contributed by atoms with Gasteiger partial charge in [-0.25, -0.2) is 4.98 Å². The van der Waals surface area contributed by atoms with Crippen LogP contribution in [0.3, 0.4) is 0 Å². The van der Waals surface area contributed by atoms with Gasteiger partial charge < -0.3 is 8.98 Å². The first-order valence-electron chi connectivity index (χ1n) is 14.0. The van der Waals surface area contributed by atoms with Crippen LogP contribution in [0.4, 0.5) is 5.69 Å². The number of nitro groups is 1. The predicted octanol–water partition coefficient (Wildman–Crippen LogP) is 9.83. The van der Waals surface area contributed by atoms with E-state index in [1.165, 1.54) is 0 Å². The molecule has 0 spiro atoms. The molecule has 8 rings (SSSR count). The molecule has 0 atom stereocenters. The van der Waals surface area contributed by atoms with E-state index in [4.69, 9.17) is 9.40 Å². The number of para-hydroxylation sites is 2. The Morgan fingerprint density at radius 2 is 1.28 bits per heavy atom. The maximum atomic E-state index is 11.7. The molecule has 0 fully saturated rings. The van der Waals surface area contributed by atoms with Crippen molar-refractivity contribution in [3.63, 3.8) is 0 Å². The van der Waals surface area contributed by atoms with Crippen LogP contribution < -0.4 is 0 Å². The van der Waals surface area contributed by atoms with Crippen LogP contribution in [0.15, 0.2) is 144 Å². The third kappa shape index (κ3) is 4.16. The van der Waals surface area contributed by atoms with Gasteiger partial charge in [-0.15, -0.1) is 0 Å². The van der Waals surface area contributed by atoms with Gasteiger partial charge in [-0.2, -0.15) is 0 Å². The number of hydrogen-bond donors (Lipinski definition) is 0. The van der Waals surface area contributed by atoms with Crippen LogP contribution in [0.5, 0.6) is 0 Å². The molecule has 2 heterocycles. The second-order valence-electron chi connectivity index (χ2n) is 10.5. The number of nitrogens with zero attached hydrogens (tertiary/aromatic N) is 3. The highest BCUT2D eigenvalue weighted by Gasteiger charge is 2.18. The van der Waals surface area contributed by atoms with Crippen LogP contribution in [-0.4, -0.2) is 14.5 Å². The standard InChI is InChI=1S/C37H23N3O3/c41-40(42)34-17-8-7-16-29(34)27-13-9-12-25(20-27)26-18-19-33-30(21-26)31-22-36-32(38-37(43-36)24-10-3-1-4-11-24)23-35(31)39(33)28-14-5-2-6-15-28/h1-23H. The van der Waals surface area contributed by atoms with Gasteiger partial charge in [0.15, 0.2) is 5.58 Å². The Kier molecular flexibility index (Phi) is 5.65. The Balaban J connectivity index is 1.34. The lowest BCUT2D eigenvalue weighted by Crippen LogP contribution is -1.93. The van der Waals surface area contributed by atoms with Crippen LogP contribution in [-0.2, 0) is 0 Å². The number of oxazole rings is 1. The number of rotatable bonds is 5. The molecule has 0 N–H and O–H groups in total. The second-order valence-corrected chi connectivity index (χ2v) is 10.5. The fourth-order valence-corrected chi connectivity index (χ4v) is 5.92. The molecular weight excluding hydrogens is 534 g/mol. The second kappa shape index (κ2) is 9.82. The number of fused-ring (bicyclic) bond motifs is 4. The van der Waals surface area contributed by atoms with E-state index < -0.39 is 0 Å². The van der Waals surface area contributed by atoms with Crippen LogP contribution in [0.1, 0.15) is 0 Å². The Morgan fingerprint density at radius 1 is 0.605 bits per heavy atom. The van der Waals surface area contributed by atoms with Crippen molar-refractivity contribution in [2.24, 2.45) is 0 Å². The van der Waals surface area contributed by atoms with E-state index in [-0.39, 0.29) is 10.6 Å². The minimum Gasteiger partial charge on any atom is -0.436 e. The van der Waals surface area contributed by atoms with Crippen LogP contribution >= 0.6 is 0 Å². The summed E-state index contributed by atoms with van der Waals surface area (Å²) in [5.41, 5.74) is 9.08. The first-order chi connectivity index (χ1) is 21.1. The molecule has 43 heavy (non-hydrogen) atoms. The summed E-state index contributed by atoms with van der Waals surface area (Å²) in [7, 11) is 0. The smallest absolute Gasteiger partial charge is 0.277 e. The van der Waals surface area contributed by atoms with Crippen LogP contribution in [0, 0.1) is 10.1 Å². The zero-order chi connectivity index (χ0) is 28.9. The maximum absolute atomic E-state index is 11.7. The zero-order valence-corrected chi connectivity index (χ0v) is 22.8. The summed E-state index contributed by atoms with van der Waals surface area (Å²) in [6.45, 7) is 0. The lowest BCUT2D eigenvalue weighted by Gasteiger charge is -2.09. The molecule has 0 bridgehead atoms. The summed E-state index contributed by atoms with van der Waals surface area (Å²) in [5.74, 6) is 0.589. The normalized spacial score (nSPS) is 11.4. The number of aromatic nitrogens is 2. The molecule has 0 unspecified atom stereocenters. The topological polar surface area (TPSA) is 74.1 Å². The molecule has 6 aromatic carbocycles. The molecule has 8 aromatic rings. The molecule has 6 nitrogen and oxygen atoms in total. The van der Waals surface area contributed by atoms with Crippen molar-refractivity contribution < 1.29 is 9.34 Å². The lowest BCUT2D eigenvalue weighted by atomic mass is 9.97. The van der Waals surface area contributed by atoms with Crippen molar-refractivity contribution in [2.75, 3.05) is 0 Å². The summed E-state index contributed by atoms with van der Waals surface area (Å²) in [6, 6.07) is 45.6. The summed E-state index contributed by atoms with van der Waals surface area (Å²) < 4.78 is 8.52. The van der Waals surface area contributed by atoms with Crippen molar-refractivity contribution in [3.8, 4) is 39.4 Å². The van der Waals surface area contributed by atoms with Crippen molar-refractivity contribution in [1.82, 2.24) is 9.55 Å². The molecule has 0 amide bonds. The highest BCUT2D eigenvalue weighted by Crippen LogP contribution is 2.39. The van der Waals surface area contributed by atoms with E-state index in [9.17, 15) is 10.1 Å². The minimum atomic E-state index is -0.333. The third-order valence-electron chi connectivity index (χ3n) is 7.92. The molecule has 6 heteroatoms. The number of hydrogen-bond acceptors (Lipinski definition) is 4. The van der Waals surface area contributed by atoms with Gasteiger partial charge in [-0.3, -0.25) is 10.1 Å². The summed E-state index contributed by atoms with van der Waals surface area (Å²) in [6.07, 6.45) is 0. The van der Waals surface area contributed by atoms with Crippen LogP contribution in [0.2, 0.25) is 0 Å². The monoisotopic (exact) mass is 557 g/mol. The average Bonchev–Trinajstić information content (AvgIpc) is 3.62. The third-order valence-corrected chi connectivity index (χ3v) is 7.92. The van der Waals surface area contributed by atoms with Gasteiger partial charge in [0, 0.05) is 28.1 Å². The lowest BCUT2D eigenvalue weighted by molar-refractivity contribution is -0.384. The molecule has 204 valence electrons. The highest BCUT2D eigenvalue weighted by atomic mass is 16.6. The van der Waals surface area contributed by atoms with Gasteiger partial charge >= 0.3 is 0 Å². The SMILES string of the molecule is O=[N+]([O-])c1ccccc1-c1cccc(-c2ccc3c(c2)c2cc4oc(-c5ccccc5)nc4cc2n3-c2ccccc2)c1. The van der Waals surface area contributed by atoms with Crippen LogP contribution in [0.25, 0.3) is 72.3 Å². The van der Waals surface area contributed by atoms with E-state index in [1.54, 1.807) is 18.2 Å². The van der Waals surface area contributed by atoms with Crippen molar-refractivity contribution in [3.05, 3.63) is 150 Å². The molecule has 0 aliphatic rings. The van der Waals surface area contributed by atoms with Gasteiger partial charge in [0.1, 0.15) is 5.52 Å². The highest BCUT2D eigenvalue weighted by molar-refractivity contribution is 6.13. The first kappa shape index (κ1) is 24.8. The molecule has 2 aromatic heterocycles. The molecular formula is C37H23N3O3. The summed E-state index contributed by atoms with van der Waals surface area (Å²) in [5, 5.41) is 13.8. The molecule has 0 radical (unpaired) electrons. The largest absolute Gasteiger partial charge is 0.436 e. The van der Waals surface area contributed by atoms with E-state index in [2.05, 4.69) is 47.0 Å². The van der Waals surface area contributed by atoms with Gasteiger partial charge in [-0.1, -0.05) is 72.8 Å². The number of benzene rings is 6. The fraction of sp³-hybridized carbons (Fsp3) is 0. The Bertz CT molecular complexity index is 2320. The summed E-state index contributed by atoms with van der Waals surface area (Å²) >= 11 is 0. The molecule has 0 saturated carbocycles. The van der Waals surface area contributed by atoms with Gasteiger partial charge in [0.25, 0.3) is 5.69 Å². The molecule has 0 saturated heterocycles. The fourth-order valence-electron chi connectivity index (χ4n) is 5.92.